The summed E-state index contributed by atoms with van der Waals surface area (Å²) in [6, 6.07) is 1.83. The van der Waals surface area contributed by atoms with Crippen LogP contribution in [-0.4, -0.2) is 36.1 Å². The molecule has 0 aliphatic carbocycles. The van der Waals surface area contributed by atoms with Crippen molar-refractivity contribution in [2.75, 3.05) is 6.61 Å². The molecule has 0 saturated heterocycles. The van der Waals surface area contributed by atoms with Crippen molar-refractivity contribution in [2.24, 2.45) is 0 Å². The minimum atomic E-state index is -3.75. The fourth-order valence-corrected chi connectivity index (χ4v) is 2.65. The van der Waals surface area contributed by atoms with Crippen LogP contribution in [0.1, 0.15) is 19.8 Å². The van der Waals surface area contributed by atoms with E-state index < -0.39 is 20.8 Å². The van der Waals surface area contributed by atoms with E-state index in [1.165, 1.54) is 0 Å². The zero-order chi connectivity index (χ0) is 14.5. The van der Waals surface area contributed by atoms with Crippen molar-refractivity contribution in [3.05, 3.63) is 28.4 Å². The van der Waals surface area contributed by atoms with E-state index in [1.54, 1.807) is 6.92 Å². The van der Waals surface area contributed by atoms with Gasteiger partial charge in [-0.15, -0.1) is 0 Å². The zero-order valence-corrected chi connectivity index (χ0v) is 11.1. The summed E-state index contributed by atoms with van der Waals surface area (Å²) in [6.07, 6.45) is 1.93. The Morgan fingerprint density at radius 1 is 1.53 bits per heavy atom. The summed E-state index contributed by atoms with van der Waals surface area (Å²) in [5, 5.41) is 19.1. The van der Waals surface area contributed by atoms with Gasteiger partial charge in [0.25, 0.3) is 0 Å². The van der Waals surface area contributed by atoms with Crippen LogP contribution in [0.4, 0.5) is 5.82 Å². The lowest BCUT2D eigenvalue weighted by atomic mass is 10.2. The lowest BCUT2D eigenvalue weighted by molar-refractivity contribution is -0.389. The maximum atomic E-state index is 11.9. The molecule has 19 heavy (non-hydrogen) atoms. The van der Waals surface area contributed by atoms with Gasteiger partial charge in [-0.3, -0.25) is 0 Å². The highest BCUT2D eigenvalue weighted by Gasteiger charge is 2.20. The molecular formula is C10H15N3O5S. The van der Waals surface area contributed by atoms with Gasteiger partial charge >= 0.3 is 5.82 Å². The number of rotatable bonds is 7. The quantitative estimate of drug-likeness (QED) is 0.554. The molecular weight excluding hydrogens is 274 g/mol. The van der Waals surface area contributed by atoms with Gasteiger partial charge in [0.05, 0.1) is 0 Å². The molecule has 0 bridgehead atoms. The van der Waals surface area contributed by atoms with Gasteiger partial charge in [-0.05, 0) is 35.7 Å². The van der Waals surface area contributed by atoms with Gasteiger partial charge in [0.15, 0.2) is 6.20 Å². The fourth-order valence-electron chi connectivity index (χ4n) is 1.43. The summed E-state index contributed by atoms with van der Waals surface area (Å²) < 4.78 is 26.2. The first kappa shape index (κ1) is 15.5. The monoisotopic (exact) mass is 289 g/mol. The Hall–Kier alpha value is -1.58. The summed E-state index contributed by atoms with van der Waals surface area (Å²) >= 11 is 0. The minimum Gasteiger partial charge on any atom is -0.396 e. The van der Waals surface area contributed by atoms with Crippen LogP contribution < -0.4 is 4.72 Å². The summed E-state index contributed by atoms with van der Waals surface area (Å²) in [5.74, 6) is -0.410. The highest BCUT2D eigenvalue weighted by atomic mass is 32.2. The molecule has 1 unspecified atom stereocenters. The van der Waals surface area contributed by atoms with Gasteiger partial charge in [-0.25, -0.2) is 13.1 Å². The van der Waals surface area contributed by atoms with E-state index in [0.717, 1.165) is 18.3 Å². The molecule has 1 heterocycles. The SMILES string of the molecule is CC(CCCO)NS(=O)(=O)c1ccc([N+](=O)[O-])nc1. The third-order valence-corrected chi connectivity index (χ3v) is 3.94. The molecule has 106 valence electrons. The van der Waals surface area contributed by atoms with Crippen LogP contribution in [0.15, 0.2) is 23.2 Å². The number of nitro groups is 1. The molecule has 1 rings (SSSR count). The fraction of sp³-hybridized carbons (Fsp3) is 0.500. The van der Waals surface area contributed by atoms with Crippen molar-refractivity contribution in [1.82, 2.24) is 9.71 Å². The molecule has 0 fully saturated rings. The van der Waals surface area contributed by atoms with Crippen LogP contribution in [-0.2, 0) is 10.0 Å². The smallest absolute Gasteiger partial charge is 0.363 e. The molecule has 0 spiro atoms. The minimum absolute atomic E-state index is 0.00877. The van der Waals surface area contributed by atoms with Crippen molar-refractivity contribution in [3.63, 3.8) is 0 Å². The Labute approximate surface area is 110 Å². The van der Waals surface area contributed by atoms with Crippen molar-refractivity contribution in [2.45, 2.75) is 30.7 Å². The number of hydrogen-bond acceptors (Lipinski definition) is 6. The molecule has 0 amide bonds. The Morgan fingerprint density at radius 2 is 2.21 bits per heavy atom. The summed E-state index contributed by atoms with van der Waals surface area (Å²) in [7, 11) is -3.75. The third-order valence-electron chi connectivity index (χ3n) is 2.37. The highest BCUT2D eigenvalue weighted by Crippen LogP contribution is 2.13. The average Bonchev–Trinajstić information content (AvgIpc) is 2.36. The number of aliphatic hydroxyl groups is 1. The second-order valence-corrected chi connectivity index (χ2v) is 5.71. The number of sulfonamides is 1. The number of hydrogen-bond donors (Lipinski definition) is 2. The van der Waals surface area contributed by atoms with E-state index in [2.05, 4.69) is 9.71 Å². The van der Waals surface area contributed by atoms with Gasteiger partial charge in [0, 0.05) is 18.7 Å². The summed E-state index contributed by atoms with van der Waals surface area (Å²) in [6.45, 7) is 1.66. The van der Waals surface area contributed by atoms with E-state index in [9.17, 15) is 18.5 Å². The van der Waals surface area contributed by atoms with E-state index in [1.807, 2.05) is 0 Å². The predicted octanol–water partition coefficient (Wildman–Crippen LogP) is 0.429. The van der Waals surface area contributed by atoms with Crippen LogP contribution in [0.5, 0.6) is 0 Å². The highest BCUT2D eigenvalue weighted by molar-refractivity contribution is 7.89. The van der Waals surface area contributed by atoms with Gasteiger partial charge in [-0.2, -0.15) is 0 Å². The van der Waals surface area contributed by atoms with E-state index in [0.29, 0.717) is 12.8 Å². The van der Waals surface area contributed by atoms with E-state index in [-0.39, 0.29) is 17.5 Å². The molecule has 9 heteroatoms. The maximum Gasteiger partial charge on any atom is 0.363 e. The van der Waals surface area contributed by atoms with Gasteiger partial charge in [0.2, 0.25) is 10.0 Å². The number of aromatic nitrogens is 1. The predicted molar refractivity (Wildman–Crippen MR) is 67.0 cm³/mol. The van der Waals surface area contributed by atoms with Gasteiger partial charge in [-0.1, -0.05) is 0 Å². The Morgan fingerprint density at radius 3 is 2.68 bits per heavy atom. The first-order valence-electron chi connectivity index (χ1n) is 5.60. The Balaban J connectivity index is 2.79. The van der Waals surface area contributed by atoms with Crippen molar-refractivity contribution in [3.8, 4) is 0 Å². The lowest BCUT2D eigenvalue weighted by Gasteiger charge is -2.12. The number of nitrogens with one attached hydrogen (secondary N) is 1. The zero-order valence-electron chi connectivity index (χ0n) is 10.3. The third kappa shape index (κ3) is 4.54. The second kappa shape index (κ2) is 6.55. The molecule has 0 aliphatic heterocycles. The number of pyridine rings is 1. The Bertz CT molecular complexity index is 529. The standard InChI is InChI=1S/C10H15N3O5S/c1-8(3-2-6-14)12-19(17,18)9-4-5-10(11-7-9)13(15)16/h4-5,7-8,12,14H,2-3,6H2,1H3. The van der Waals surface area contributed by atoms with Crippen molar-refractivity contribution >= 4 is 15.8 Å². The van der Waals surface area contributed by atoms with E-state index >= 15 is 0 Å². The van der Waals surface area contributed by atoms with Crippen molar-refractivity contribution < 1.29 is 18.4 Å². The van der Waals surface area contributed by atoms with Crippen LogP contribution >= 0.6 is 0 Å². The molecule has 1 aromatic rings. The number of aliphatic hydroxyl groups excluding tert-OH is 1. The largest absolute Gasteiger partial charge is 0.396 e. The lowest BCUT2D eigenvalue weighted by Crippen LogP contribution is -2.32. The van der Waals surface area contributed by atoms with Crippen LogP contribution in [0.2, 0.25) is 0 Å². The average molecular weight is 289 g/mol. The molecule has 8 nitrogen and oxygen atoms in total. The molecule has 0 aromatic carbocycles. The number of nitrogens with zero attached hydrogens (tertiary/aromatic N) is 2. The Kier molecular flexibility index (Phi) is 5.33. The second-order valence-electron chi connectivity index (χ2n) is 4.00. The topological polar surface area (TPSA) is 122 Å². The van der Waals surface area contributed by atoms with Crippen LogP contribution in [0.3, 0.4) is 0 Å². The van der Waals surface area contributed by atoms with Gasteiger partial charge < -0.3 is 15.2 Å². The molecule has 2 N–H and O–H groups in total. The summed E-state index contributed by atoms with van der Waals surface area (Å²) in [5.41, 5.74) is 0. The van der Waals surface area contributed by atoms with E-state index in [4.69, 9.17) is 5.11 Å². The molecule has 0 radical (unpaired) electrons. The van der Waals surface area contributed by atoms with Gasteiger partial charge in [0.1, 0.15) is 4.90 Å². The van der Waals surface area contributed by atoms with Crippen molar-refractivity contribution in [1.29, 1.82) is 0 Å². The van der Waals surface area contributed by atoms with Crippen LogP contribution in [0.25, 0.3) is 0 Å². The maximum absolute atomic E-state index is 11.9. The molecule has 0 saturated carbocycles. The molecule has 1 atom stereocenters. The molecule has 1 aromatic heterocycles. The van der Waals surface area contributed by atoms with Crippen LogP contribution in [0, 0.1) is 10.1 Å². The first-order valence-corrected chi connectivity index (χ1v) is 7.09. The normalized spacial score (nSPS) is 13.2. The first-order chi connectivity index (χ1) is 8.86. The molecule has 0 aliphatic rings. The summed E-state index contributed by atoms with van der Waals surface area (Å²) in [4.78, 5) is 13.0.